The lowest BCUT2D eigenvalue weighted by atomic mass is 9.96. The second kappa shape index (κ2) is 11.3. The number of rotatable bonds is 5. The number of carboxylic acid groups (broad SMARTS) is 1. The minimum absolute atomic E-state index is 0.204. The van der Waals surface area contributed by atoms with Crippen molar-refractivity contribution in [3.63, 3.8) is 0 Å². The van der Waals surface area contributed by atoms with Gasteiger partial charge < -0.3 is 15.1 Å². The van der Waals surface area contributed by atoms with Crippen molar-refractivity contribution in [2.24, 2.45) is 9.98 Å². The van der Waals surface area contributed by atoms with E-state index in [1.165, 1.54) is 61.6 Å². The van der Waals surface area contributed by atoms with Gasteiger partial charge in [-0.2, -0.15) is 0 Å². The Balaban J connectivity index is 1.71. The molecule has 6 bridgehead atoms. The van der Waals surface area contributed by atoms with Crippen molar-refractivity contribution in [3.05, 3.63) is 91.1 Å². The first-order chi connectivity index (χ1) is 19.3. The smallest absolute Gasteiger partial charge is 0.335 e. The van der Waals surface area contributed by atoms with Crippen molar-refractivity contribution >= 4 is 29.8 Å². The van der Waals surface area contributed by atoms with E-state index in [9.17, 15) is 9.90 Å². The Morgan fingerprint density at radius 3 is 2.10 bits per heavy atom. The van der Waals surface area contributed by atoms with Crippen LogP contribution in [0.15, 0.2) is 50.5 Å². The lowest BCUT2D eigenvalue weighted by molar-refractivity contribution is 0.0697. The SMILES string of the molecule is CCC1=C2CC(=C1C)C=Nc1cc(C(=O)O)ccc1N=Cc1[nH]c(c(CC)c1C)Cc1[nH]c(c(CC)c1CC)C2. The first-order valence-electron chi connectivity index (χ1n) is 14.6. The summed E-state index contributed by atoms with van der Waals surface area (Å²) in [6.07, 6.45) is 10.3. The molecule has 1 aliphatic carbocycles. The van der Waals surface area contributed by atoms with E-state index in [4.69, 9.17) is 9.98 Å². The molecule has 5 rings (SSSR count). The van der Waals surface area contributed by atoms with Gasteiger partial charge in [0.1, 0.15) is 0 Å². The normalized spacial score (nSPS) is 15.2. The topological polar surface area (TPSA) is 93.6 Å². The molecule has 208 valence electrons. The van der Waals surface area contributed by atoms with Crippen LogP contribution in [0, 0.1) is 6.92 Å². The Morgan fingerprint density at radius 2 is 1.45 bits per heavy atom. The zero-order valence-corrected chi connectivity index (χ0v) is 24.6. The molecule has 3 aromatic rings. The number of fused-ring (bicyclic) bond motifs is 7. The standard InChI is InChI=1S/C34H40N4O2/c1-7-24-19(5)23-13-22(24)15-29-26(9-3)27(10-4)31(37-29)16-30-25(8-2)20(6)33(38-30)18-36-28-12-11-21(34(39)40)14-32(28)35-17-23/h11-12,14,17-18,37-38H,7-10,13,15-16H2,1-6H3,(H,39,40). The van der Waals surface area contributed by atoms with Crippen LogP contribution in [0.2, 0.25) is 0 Å². The van der Waals surface area contributed by atoms with Crippen molar-refractivity contribution in [2.75, 3.05) is 0 Å². The zero-order valence-electron chi connectivity index (χ0n) is 24.6. The minimum Gasteiger partial charge on any atom is -0.478 e. The third-order valence-corrected chi connectivity index (χ3v) is 8.74. The fraction of sp³-hybridized carbons (Fsp3) is 0.382. The maximum atomic E-state index is 11.7. The third-order valence-electron chi connectivity index (χ3n) is 8.74. The number of carbonyl (C=O) groups is 1. The van der Waals surface area contributed by atoms with E-state index >= 15 is 0 Å². The van der Waals surface area contributed by atoms with Crippen LogP contribution in [-0.4, -0.2) is 33.5 Å². The summed E-state index contributed by atoms with van der Waals surface area (Å²) in [5, 5.41) is 9.62. The number of H-pyrrole nitrogens is 2. The van der Waals surface area contributed by atoms with Crippen LogP contribution < -0.4 is 0 Å². The Morgan fingerprint density at radius 1 is 0.800 bits per heavy atom. The van der Waals surface area contributed by atoms with Crippen LogP contribution >= 0.6 is 0 Å². The molecule has 0 unspecified atom stereocenters. The molecule has 1 aliphatic heterocycles. The predicted molar refractivity (Wildman–Crippen MR) is 164 cm³/mol. The summed E-state index contributed by atoms with van der Waals surface area (Å²) >= 11 is 0. The molecule has 0 radical (unpaired) electrons. The molecule has 2 aliphatic rings. The largest absolute Gasteiger partial charge is 0.478 e. The summed E-state index contributed by atoms with van der Waals surface area (Å²) < 4.78 is 0. The fourth-order valence-electron chi connectivity index (χ4n) is 6.63. The summed E-state index contributed by atoms with van der Waals surface area (Å²) in [7, 11) is 0. The number of hydrogen-bond acceptors (Lipinski definition) is 3. The Labute approximate surface area is 237 Å². The van der Waals surface area contributed by atoms with E-state index in [0.717, 1.165) is 50.6 Å². The van der Waals surface area contributed by atoms with Gasteiger partial charge in [-0.15, -0.1) is 0 Å². The molecule has 0 saturated heterocycles. The van der Waals surface area contributed by atoms with E-state index in [2.05, 4.69) is 51.5 Å². The number of carboxylic acids is 1. The van der Waals surface area contributed by atoms with Gasteiger partial charge in [0.15, 0.2) is 0 Å². The molecule has 2 aromatic heterocycles. The van der Waals surface area contributed by atoms with Crippen molar-refractivity contribution in [1.82, 2.24) is 9.97 Å². The second-order valence-electron chi connectivity index (χ2n) is 10.9. The molecule has 0 saturated carbocycles. The molecular formula is C34H40N4O2. The van der Waals surface area contributed by atoms with Crippen molar-refractivity contribution < 1.29 is 9.90 Å². The van der Waals surface area contributed by atoms with Crippen LogP contribution in [0.25, 0.3) is 0 Å². The number of hydrogen-bond donors (Lipinski definition) is 3. The first-order valence-corrected chi connectivity index (χ1v) is 14.6. The van der Waals surface area contributed by atoms with Gasteiger partial charge in [0.25, 0.3) is 0 Å². The van der Waals surface area contributed by atoms with Crippen molar-refractivity contribution in [2.45, 2.75) is 86.5 Å². The molecule has 1 aromatic carbocycles. The van der Waals surface area contributed by atoms with E-state index in [1.54, 1.807) is 18.2 Å². The minimum atomic E-state index is -0.973. The molecular weight excluding hydrogens is 496 g/mol. The molecule has 6 nitrogen and oxygen atoms in total. The van der Waals surface area contributed by atoms with Crippen LogP contribution in [0.5, 0.6) is 0 Å². The number of nitrogens with zero attached hydrogens (tertiary/aromatic N) is 2. The number of aromatic nitrogens is 2. The Kier molecular flexibility index (Phi) is 7.79. The highest BCUT2D eigenvalue weighted by Gasteiger charge is 2.24. The van der Waals surface area contributed by atoms with Gasteiger partial charge in [-0.05, 0) is 103 Å². The monoisotopic (exact) mass is 536 g/mol. The van der Waals surface area contributed by atoms with E-state index < -0.39 is 5.97 Å². The molecule has 0 spiro atoms. The molecule has 3 N–H and O–H groups in total. The van der Waals surface area contributed by atoms with Crippen LogP contribution in [-0.2, 0) is 32.1 Å². The van der Waals surface area contributed by atoms with Gasteiger partial charge >= 0.3 is 5.97 Å². The third kappa shape index (κ3) is 4.91. The quantitative estimate of drug-likeness (QED) is 0.308. The molecule has 0 fully saturated rings. The zero-order chi connectivity index (χ0) is 28.6. The van der Waals surface area contributed by atoms with Crippen molar-refractivity contribution in [3.8, 4) is 0 Å². The highest BCUT2D eigenvalue weighted by atomic mass is 16.4. The Hall–Kier alpha value is -3.93. The average Bonchev–Trinajstić information content (AvgIpc) is 3.54. The summed E-state index contributed by atoms with van der Waals surface area (Å²) in [6.45, 7) is 13.3. The van der Waals surface area contributed by atoms with Gasteiger partial charge in [0.2, 0.25) is 0 Å². The number of nitrogens with one attached hydrogen (secondary N) is 2. The summed E-state index contributed by atoms with van der Waals surface area (Å²) in [4.78, 5) is 28.9. The number of aliphatic imine (C=N–C) groups is 2. The fourth-order valence-corrected chi connectivity index (χ4v) is 6.63. The van der Waals surface area contributed by atoms with Gasteiger partial charge in [-0.1, -0.05) is 33.3 Å². The van der Waals surface area contributed by atoms with Crippen molar-refractivity contribution in [1.29, 1.82) is 0 Å². The molecule has 3 heterocycles. The van der Waals surface area contributed by atoms with Crippen LogP contribution in [0.3, 0.4) is 0 Å². The van der Waals surface area contributed by atoms with Gasteiger partial charge in [0.05, 0.1) is 28.8 Å². The summed E-state index contributed by atoms with van der Waals surface area (Å²) in [6, 6.07) is 4.96. The summed E-state index contributed by atoms with van der Waals surface area (Å²) in [5.74, 6) is -0.973. The average molecular weight is 537 g/mol. The van der Waals surface area contributed by atoms with Gasteiger partial charge in [-0.25, -0.2) is 4.79 Å². The maximum absolute atomic E-state index is 11.7. The molecule has 6 heteroatoms. The maximum Gasteiger partial charge on any atom is 0.335 e. The number of aromatic amines is 2. The van der Waals surface area contributed by atoms with Crippen LogP contribution in [0.1, 0.15) is 103 Å². The Bertz CT molecular complexity index is 1610. The predicted octanol–water partition coefficient (Wildman–Crippen LogP) is 8.06. The van der Waals surface area contributed by atoms with E-state index in [1.807, 2.05) is 12.4 Å². The van der Waals surface area contributed by atoms with Crippen LogP contribution in [0.4, 0.5) is 11.4 Å². The highest BCUT2D eigenvalue weighted by molar-refractivity contribution is 5.93. The van der Waals surface area contributed by atoms with Gasteiger partial charge in [-0.3, -0.25) is 9.98 Å². The number of allylic oxidation sites excluding steroid dienone is 4. The second-order valence-corrected chi connectivity index (χ2v) is 10.9. The number of aromatic carboxylic acids is 1. The lowest BCUT2D eigenvalue weighted by Crippen LogP contribution is -1.98. The first kappa shape index (κ1) is 27.6. The van der Waals surface area contributed by atoms with E-state index in [0.29, 0.717) is 11.4 Å². The van der Waals surface area contributed by atoms with E-state index in [-0.39, 0.29) is 5.56 Å². The van der Waals surface area contributed by atoms with Gasteiger partial charge in [0, 0.05) is 36.1 Å². The highest BCUT2D eigenvalue weighted by Crippen LogP contribution is 2.38. The number of benzene rings is 1. The lowest BCUT2D eigenvalue weighted by Gasteiger charge is -2.09. The summed E-state index contributed by atoms with van der Waals surface area (Å²) in [5.41, 5.74) is 17.0. The molecule has 0 atom stereocenters. The molecule has 0 amide bonds. The molecule has 40 heavy (non-hydrogen) atoms.